The van der Waals surface area contributed by atoms with Crippen LogP contribution in [-0.4, -0.2) is 5.71 Å². The molecule has 0 atom stereocenters. The molecule has 2 aromatic rings. The molecule has 1 N–H and O–H groups in total. The lowest BCUT2D eigenvalue weighted by atomic mass is 10.1. The molecule has 2 nitrogen and oxygen atoms in total. The smallest absolute Gasteiger partial charge is 0.123 e. The van der Waals surface area contributed by atoms with Crippen molar-refractivity contribution in [3.63, 3.8) is 0 Å². The van der Waals surface area contributed by atoms with Crippen molar-refractivity contribution < 1.29 is 4.39 Å². The molecule has 0 aliphatic carbocycles. The monoisotopic (exact) mass is 310 g/mol. The summed E-state index contributed by atoms with van der Waals surface area (Å²) in [4.78, 5) is 0. The SMILES string of the molecule is CC/C(=N/Nc1ccc(Cl)c(Cl)c1)c1ccc(F)cc1. The molecular weight excluding hydrogens is 298 g/mol. The Morgan fingerprint density at radius 2 is 1.80 bits per heavy atom. The summed E-state index contributed by atoms with van der Waals surface area (Å²) < 4.78 is 12.9. The Bertz CT molecular complexity index is 624. The van der Waals surface area contributed by atoms with E-state index in [0.717, 1.165) is 23.4 Å². The Hall–Kier alpha value is -1.58. The first-order valence-electron chi connectivity index (χ1n) is 6.13. The highest BCUT2D eigenvalue weighted by Crippen LogP contribution is 2.25. The summed E-state index contributed by atoms with van der Waals surface area (Å²) in [6, 6.07) is 11.4. The molecule has 104 valence electrons. The highest BCUT2D eigenvalue weighted by molar-refractivity contribution is 6.42. The minimum absolute atomic E-state index is 0.262. The zero-order valence-electron chi connectivity index (χ0n) is 10.8. The normalized spacial score (nSPS) is 11.5. The van der Waals surface area contributed by atoms with Gasteiger partial charge >= 0.3 is 0 Å². The fraction of sp³-hybridized carbons (Fsp3) is 0.133. The Kier molecular flexibility index (Phi) is 4.99. The zero-order valence-corrected chi connectivity index (χ0v) is 12.3. The molecule has 0 amide bonds. The van der Waals surface area contributed by atoms with Gasteiger partial charge in [0, 0.05) is 0 Å². The van der Waals surface area contributed by atoms with Gasteiger partial charge in [0.05, 0.1) is 21.4 Å². The van der Waals surface area contributed by atoms with Crippen LogP contribution >= 0.6 is 23.2 Å². The first-order chi connectivity index (χ1) is 9.60. The van der Waals surface area contributed by atoms with E-state index in [2.05, 4.69) is 10.5 Å². The molecule has 0 heterocycles. The Morgan fingerprint density at radius 3 is 2.40 bits per heavy atom. The summed E-state index contributed by atoms with van der Waals surface area (Å²) in [6.07, 6.45) is 0.722. The minimum atomic E-state index is -0.262. The third-order valence-electron chi connectivity index (χ3n) is 2.75. The number of nitrogens with zero attached hydrogens (tertiary/aromatic N) is 1. The first kappa shape index (κ1) is 14.8. The van der Waals surface area contributed by atoms with Crippen LogP contribution in [0.3, 0.4) is 0 Å². The van der Waals surface area contributed by atoms with E-state index in [0.29, 0.717) is 10.0 Å². The third kappa shape index (κ3) is 3.71. The number of hydrogen-bond acceptors (Lipinski definition) is 2. The van der Waals surface area contributed by atoms with Crippen LogP contribution in [0.4, 0.5) is 10.1 Å². The molecule has 0 radical (unpaired) electrons. The quantitative estimate of drug-likeness (QED) is 0.596. The van der Waals surface area contributed by atoms with E-state index in [1.807, 2.05) is 6.92 Å². The van der Waals surface area contributed by atoms with E-state index in [-0.39, 0.29) is 5.82 Å². The fourth-order valence-electron chi connectivity index (χ4n) is 1.69. The lowest BCUT2D eigenvalue weighted by Gasteiger charge is -2.07. The second kappa shape index (κ2) is 6.73. The zero-order chi connectivity index (χ0) is 14.5. The van der Waals surface area contributed by atoms with Crippen molar-refractivity contribution in [3.05, 3.63) is 63.9 Å². The van der Waals surface area contributed by atoms with Crippen LogP contribution in [-0.2, 0) is 0 Å². The second-order valence-electron chi connectivity index (χ2n) is 4.16. The number of hydrazone groups is 1. The molecule has 2 rings (SSSR count). The van der Waals surface area contributed by atoms with E-state index in [9.17, 15) is 4.39 Å². The molecule has 0 bridgehead atoms. The van der Waals surface area contributed by atoms with Gasteiger partial charge in [-0.15, -0.1) is 0 Å². The Balaban J connectivity index is 2.19. The summed E-state index contributed by atoms with van der Waals surface area (Å²) in [6.45, 7) is 1.98. The van der Waals surface area contributed by atoms with Crippen molar-refractivity contribution in [2.75, 3.05) is 5.43 Å². The lowest BCUT2D eigenvalue weighted by molar-refractivity contribution is 0.627. The van der Waals surface area contributed by atoms with Crippen molar-refractivity contribution in [3.8, 4) is 0 Å². The van der Waals surface area contributed by atoms with E-state index in [1.165, 1.54) is 12.1 Å². The van der Waals surface area contributed by atoms with Gasteiger partial charge < -0.3 is 0 Å². The lowest BCUT2D eigenvalue weighted by Crippen LogP contribution is -2.03. The van der Waals surface area contributed by atoms with Crippen LogP contribution in [0, 0.1) is 5.82 Å². The van der Waals surface area contributed by atoms with Crippen molar-refractivity contribution in [1.82, 2.24) is 0 Å². The van der Waals surface area contributed by atoms with Crippen LogP contribution < -0.4 is 5.43 Å². The molecule has 0 aliphatic rings. The topological polar surface area (TPSA) is 24.4 Å². The van der Waals surface area contributed by atoms with Crippen LogP contribution in [0.2, 0.25) is 10.0 Å². The molecule has 0 aliphatic heterocycles. The van der Waals surface area contributed by atoms with Crippen molar-refractivity contribution in [1.29, 1.82) is 0 Å². The summed E-state index contributed by atoms with van der Waals surface area (Å²) in [5.41, 5.74) is 5.38. The second-order valence-corrected chi connectivity index (χ2v) is 4.97. The predicted octanol–water partition coefficient (Wildman–Crippen LogP) is 5.36. The third-order valence-corrected chi connectivity index (χ3v) is 3.49. The number of nitrogens with one attached hydrogen (secondary N) is 1. The van der Waals surface area contributed by atoms with E-state index >= 15 is 0 Å². The van der Waals surface area contributed by atoms with Gasteiger partial charge in [-0.3, -0.25) is 5.43 Å². The van der Waals surface area contributed by atoms with Gasteiger partial charge in [-0.25, -0.2) is 4.39 Å². The standard InChI is InChI=1S/C15H13Cl2FN2/c1-2-15(10-3-5-11(18)6-4-10)20-19-12-7-8-13(16)14(17)9-12/h3-9,19H,2H2,1H3/b20-15-. The average Bonchev–Trinajstić information content (AvgIpc) is 2.45. The molecule has 0 aromatic heterocycles. The summed E-state index contributed by atoms with van der Waals surface area (Å²) in [5, 5.41) is 5.29. The molecule has 0 spiro atoms. The molecule has 5 heteroatoms. The molecule has 0 saturated heterocycles. The van der Waals surface area contributed by atoms with Crippen molar-refractivity contribution in [2.45, 2.75) is 13.3 Å². The van der Waals surface area contributed by atoms with Gasteiger partial charge in [0.2, 0.25) is 0 Å². The van der Waals surface area contributed by atoms with Gasteiger partial charge in [0.1, 0.15) is 5.82 Å². The maximum atomic E-state index is 12.9. The van der Waals surface area contributed by atoms with E-state index in [4.69, 9.17) is 23.2 Å². The number of hydrogen-bond donors (Lipinski definition) is 1. The van der Waals surface area contributed by atoms with Crippen molar-refractivity contribution in [2.24, 2.45) is 5.10 Å². The molecule has 0 saturated carbocycles. The van der Waals surface area contributed by atoms with E-state index < -0.39 is 0 Å². The van der Waals surface area contributed by atoms with Crippen LogP contribution in [0.1, 0.15) is 18.9 Å². The molecule has 0 fully saturated rings. The maximum Gasteiger partial charge on any atom is 0.123 e. The predicted molar refractivity (Wildman–Crippen MR) is 83.3 cm³/mol. The van der Waals surface area contributed by atoms with Crippen LogP contribution in [0.5, 0.6) is 0 Å². The van der Waals surface area contributed by atoms with Crippen LogP contribution in [0.15, 0.2) is 47.6 Å². The number of halogens is 3. The first-order valence-corrected chi connectivity index (χ1v) is 6.89. The number of benzene rings is 2. The van der Waals surface area contributed by atoms with Gasteiger partial charge in [-0.2, -0.15) is 5.10 Å². The highest BCUT2D eigenvalue weighted by atomic mass is 35.5. The van der Waals surface area contributed by atoms with Gasteiger partial charge in [-0.1, -0.05) is 42.3 Å². The van der Waals surface area contributed by atoms with E-state index in [1.54, 1.807) is 30.3 Å². The number of rotatable bonds is 4. The highest BCUT2D eigenvalue weighted by Gasteiger charge is 2.03. The summed E-state index contributed by atoms with van der Waals surface area (Å²) in [7, 11) is 0. The van der Waals surface area contributed by atoms with Gasteiger partial charge in [0.15, 0.2) is 0 Å². The summed E-state index contributed by atoms with van der Waals surface area (Å²) in [5.74, 6) is -0.262. The molecule has 2 aromatic carbocycles. The van der Waals surface area contributed by atoms with Gasteiger partial charge in [0.25, 0.3) is 0 Å². The average molecular weight is 311 g/mol. The van der Waals surface area contributed by atoms with Gasteiger partial charge in [-0.05, 0) is 42.3 Å². The number of anilines is 1. The largest absolute Gasteiger partial charge is 0.278 e. The molecule has 0 unspecified atom stereocenters. The molecular formula is C15H13Cl2FN2. The minimum Gasteiger partial charge on any atom is -0.278 e. The Labute approximate surface area is 127 Å². The summed E-state index contributed by atoms with van der Waals surface area (Å²) >= 11 is 11.8. The maximum absolute atomic E-state index is 12.9. The van der Waals surface area contributed by atoms with Crippen LogP contribution in [0.25, 0.3) is 0 Å². The molecule has 20 heavy (non-hydrogen) atoms. The Morgan fingerprint density at radius 1 is 1.10 bits per heavy atom. The van der Waals surface area contributed by atoms with Crippen molar-refractivity contribution >= 4 is 34.6 Å². The fourth-order valence-corrected chi connectivity index (χ4v) is 1.99.